The molecule has 5 heteroatoms. The van der Waals surface area contributed by atoms with Crippen LogP contribution in [0.3, 0.4) is 0 Å². The van der Waals surface area contributed by atoms with E-state index in [1.807, 2.05) is 18.2 Å². The first-order valence-electron chi connectivity index (χ1n) is 3.10. The van der Waals surface area contributed by atoms with Gasteiger partial charge in [-0.05, 0) is 12.1 Å². The Bertz CT molecular complexity index is 369. The molecule has 0 fully saturated rings. The molecule has 2 aromatic rings. The van der Waals surface area contributed by atoms with Crippen LogP contribution in [0.15, 0.2) is 18.2 Å². The van der Waals surface area contributed by atoms with Gasteiger partial charge in [0.2, 0.25) is 0 Å². The summed E-state index contributed by atoms with van der Waals surface area (Å²) in [5.74, 6) is 5.26. The fourth-order valence-corrected chi connectivity index (χ4v) is 1.47. The zero-order valence-electron chi connectivity index (χ0n) is 5.61. The van der Waals surface area contributed by atoms with E-state index >= 15 is 0 Å². The third-order valence-electron chi connectivity index (χ3n) is 1.44. The minimum atomic E-state index is 0.816. The molecule has 1 aromatic carbocycles. The van der Waals surface area contributed by atoms with Crippen LogP contribution in [-0.2, 0) is 0 Å². The number of anilines is 1. The number of nitrogens with two attached hydrogens (primary N) is 1. The van der Waals surface area contributed by atoms with Crippen LogP contribution in [-0.4, -0.2) is 8.75 Å². The Labute approximate surface area is 67.3 Å². The summed E-state index contributed by atoms with van der Waals surface area (Å²) < 4.78 is 8.14. The molecule has 0 saturated heterocycles. The van der Waals surface area contributed by atoms with Gasteiger partial charge in [0.15, 0.2) is 0 Å². The van der Waals surface area contributed by atoms with Crippen LogP contribution in [0.4, 0.5) is 5.69 Å². The maximum Gasteiger partial charge on any atom is 0.129 e. The summed E-state index contributed by atoms with van der Waals surface area (Å²) in [4.78, 5) is 0. The standard InChI is InChI=1S/C6H6N4S/c7-8-4-2-1-3-5-6(4)10-11-9-5/h1-3,8H,7H2. The monoisotopic (exact) mass is 166 g/mol. The number of hydrogen-bond acceptors (Lipinski definition) is 5. The van der Waals surface area contributed by atoms with Gasteiger partial charge in [0.1, 0.15) is 11.0 Å². The summed E-state index contributed by atoms with van der Waals surface area (Å²) >= 11 is 1.19. The number of fused-ring (bicyclic) bond motifs is 1. The normalized spacial score (nSPS) is 10.3. The van der Waals surface area contributed by atoms with Crippen LogP contribution < -0.4 is 11.3 Å². The van der Waals surface area contributed by atoms with Gasteiger partial charge in [0, 0.05) is 0 Å². The Morgan fingerprint density at radius 3 is 3.09 bits per heavy atom. The summed E-state index contributed by atoms with van der Waals surface area (Å²) in [7, 11) is 0. The van der Waals surface area contributed by atoms with Gasteiger partial charge in [-0.2, -0.15) is 8.75 Å². The summed E-state index contributed by atoms with van der Waals surface area (Å²) in [6.07, 6.45) is 0. The van der Waals surface area contributed by atoms with E-state index in [0.717, 1.165) is 16.7 Å². The second-order valence-electron chi connectivity index (χ2n) is 2.08. The van der Waals surface area contributed by atoms with E-state index in [-0.39, 0.29) is 0 Å². The summed E-state index contributed by atoms with van der Waals surface area (Å²) in [5, 5.41) is 0. The van der Waals surface area contributed by atoms with Crippen molar-refractivity contribution in [2.24, 2.45) is 5.84 Å². The van der Waals surface area contributed by atoms with Crippen molar-refractivity contribution in [2.45, 2.75) is 0 Å². The number of nitrogens with zero attached hydrogens (tertiary/aromatic N) is 2. The average Bonchev–Trinajstić information content (AvgIpc) is 2.50. The van der Waals surface area contributed by atoms with E-state index in [1.54, 1.807) is 0 Å². The van der Waals surface area contributed by atoms with Crippen molar-refractivity contribution in [3.05, 3.63) is 18.2 Å². The lowest BCUT2D eigenvalue weighted by Crippen LogP contribution is -2.06. The smallest absolute Gasteiger partial charge is 0.129 e. The first-order chi connectivity index (χ1) is 5.42. The van der Waals surface area contributed by atoms with Crippen molar-refractivity contribution < 1.29 is 0 Å². The van der Waals surface area contributed by atoms with E-state index in [1.165, 1.54) is 11.7 Å². The Kier molecular flexibility index (Phi) is 1.45. The lowest BCUT2D eigenvalue weighted by Gasteiger charge is -1.97. The maximum atomic E-state index is 5.26. The van der Waals surface area contributed by atoms with Gasteiger partial charge in [0.05, 0.1) is 17.4 Å². The molecule has 1 aromatic heterocycles. The van der Waals surface area contributed by atoms with Crippen molar-refractivity contribution >= 4 is 28.4 Å². The van der Waals surface area contributed by atoms with E-state index in [0.29, 0.717) is 0 Å². The van der Waals surface area contributed by atoms with E-state index < -0.39 is 0 Å². The van der Waals surface area contributed by atoms with Crippen LogP contribution in [0, 0.1) is 0 Å². The van der Waals surface area contributed by atoms with E-state index in [2.05, 4.69) is 14.2 Å². The third-order valence-corrected chi connectivity index (χ3v) is 1.98. The predicted octanol–water partition coefficient (Wildman–Crippen LogP) is 0.977. The van der Waals surface area contributed by atoms with Crippen molar-refractivity contribution in [3.8, 4) is 0 Å². The third kappa shape index (κ3) is 0.941. The van der Waals surface area contributed by atoms with Crippen LogP contribution in [0.5, 0.6) is 0 Å². The molecule has 0 saturated carbocycles. The lowest BCUT2D eigenvalue weighted by atomic mass is 10.3. The molecule has 0 aliphatic heterocycles. The lowest BCUT2D eigenvalue weighted by molar-refractivity contribution is 1.36. The Morgan fingerprint density at radius 1 is 1.36 bits per heavy atom. The molecule has 1 heterocycles. The first kappa shape index (κ1) is 6.51. The maximum absolute atomic E-state index is 5.26. The number of hydrazine groups is 1. The van der Waals surface area contributed by atoms with Crippen LogP contribution >= 0.6 is 11.7 Å². The first-order valence-corrected chi connectivity index (χ1v) is 3.83. The summed E-state index contributed by atoms with van der Waals surface area (Å²) in [6, 6.07) is 5.66. The van der Waals surface area contributed by atoms with Crippen molar-refractivity contribution in [1.82, 2.24) is 8.75 Å². The summed E-state index contributed by atoms with van der Waals surface area (Å²) in [6.45, 7) is 0. The Balaban J connectivity index is 2.79. The SMILES string of the molecule is NNc1cccc2nsnc12. The number of nitrogens with one attached hydrogen (secondary N) is 1. The van der Waals surface area contributed by atoms with Gasteiger partial charge in [0.25, 0.3) is 0 Å². The van der Waals surface area contributed by atoms with E-state index in [9.17, 15) is 0 Å². The molecule has 0 atom stereocenters. The highest BCUT2D eigenvalue weighted by atomic mass is 32.1. The largest absolute Gasteiger partial charge is 0.322 e. The minimum Gasteiger partial charge on any atom is -0.322 e. The van der Waals surface area contributed by atoms with Gasteiger partial charge in [-0.15, -0.1) is 0 Å². The molecule has 0 radical (unpaired) electrons. The molecule has 3 N–H and O–H groups in total. The molecule has 0 bridgehead atoms. The predicted molar refractivity (Wildman–Crippen MR) is 45.2 cm³/mol. The fourth-order valence-electron chi connectivity index (χ4n) is 0.923. The molecular formula is C6H6N4S. The highest BCUT2D eigenvalue weighted by molar-refractivity contribution is 7.00. The number of rotatable bonds is 1. The topological polar surface area (TPSA) is 63.8 Å². The number of hydrogen-bond donors (Lipinski definition) is 2. The molecule has 0 aliphatic rings. The fraction of sp³-hybridized carbons (Fsp3) is 0. The molecular weight excluding hydrogens is 160 g/mol. The van der Waals surface area contributed by atoms with Gasteiger partial charge in [-0.1, -0.05) is 6.07 Å². The van der Waals surface area contributed by atoms with Gasteiger partial charge >= 0.3 is 0 Å². The van der Waals surface area contributed by atoms with Crippen LogP contribution in [0.2, 0.25) is 0 Å². The highest BCUT2D eigenvalue weighted by Gasteiger charge is 2.01. The molecule has 0 spiro atoms. The molecule has 0 aliphatic carbocycles. The second-order valence-corrected chi connectivity index (χ2v) is 2.61. The molecule has 4 nitrogen and oxygen atoms in total. The van der Waals surface area contributed by atoms with Crippen molar-refractivity contribution in [3.63, 3.8) is 0 Å². The average molecular weight is 166 g/mol. The van der Waals surface area contributed by atoms with Crippen molar-refractivity contribution in [1.29, 1.82) is 0 Å². The quantitative estimate of drug-likeness (QED) is 0.489. The number of aromatic nitrogens is 2. The van der Waals surface area contributed by atoms with E-state index in [4.69, 9.17) is 5.84 Å². The second kappa shape index (κ2) is 2.44. The van der Waals surface area contributed by atoms with Gasteiger partial charge in [-0.25, -0.2) is 0 Å². The molecule has 56 valence electrons. The van der Waals surface area contributed by atoms with Gasteiger partial charge in [-0.3, -0.25) is 5.84 Å². The van der Waals surface area contributed by atoms with Crippen molar-refractivity contribution in [2.75, 3.05) is 5.43 Å². The zero-order chi connectivity index (χ0) is 7.68. The summed E-state index contributed by atoms with van der Waals surface area (Å²) in [5.41, 5.74) is 5.09. The molecule has 0 unspecified atom stereocenters. The van der Waals surface area contributed by atoms with Gasteiger partial charge < -0.3 is 5.43 Å². The number of benzene rings is 1. The zero-order valence-corrected chi connectivity index (χ0v) is 6.43. The molecule has 0 amide bonds. The Hall–Kier alpha value is -1.20. The number of nitrogen functional groups attached to an aromatic ring is 1. The van der Waals surface area contributed by atoms with Crippen LogP contribution in [0.1, 0.15) is 0 Å². The minimum absolute atomic E-state index is 0.816. The molecule has 2 rings (SSSR count). The highest BCUT2D eigenvalue weighted by Crippen LogP contribution is 2.19. The Morgan fingerprint density at radius 2 is 2.27 bits per heavy atom. The molecule has 11 heavy (non-hydrogen) atoms. The van der Waals surface area contributed by atoms with Crippen LogP contribution in [0.25, 0.3) is 11.0 Å².